The van der Waals surface area contributed by atoms with Crippen molar-refractivity contribution in [2.24, 2.45) is 17.3 Å². The van der Waals surface area contributed by atoms with Crippen molar-refractivity contribution in [3.63, 3.8) is 0 Å². The lowest BCUT2D eigenvalue weighted by molar-refractivity contribution is -0.143. The Kier molecular flexibility index (Phi) is 4.03. The van der Waals surface area contributed by atoms with Crippen LogP contribution in [0.5, 0.6) is 0 Å². The summed E-state index contributed by atoms with van der Waals surface area (Å²) < 4.78 is 5.06. The van der Waals surface area contributed by atoms with Gasteiger partial charge in [-0.05, 0) is 36.7 Å². The molecule has 1 saturated carbocycles. The van der Waals surface area contributed by atoms with Crippen molar-refractivity contribution >= 4 is 5.97 Å². The number of carbonyl (C=O) groups excluding carboxylic acids is 1. The highest BCUT2D eigenvalue weighted by Crippen LogP contribution is 2.65. The van der Waals surface area contributed by atoms with Gasteiger partial charge >= 0.3 is 5.97 Å². The Morgan fingerprint density at radius 2 is 1.85 bits per heavy atom. The Morgan fingerprint density at radius 3 is 2.35 bits per heavy atom. The number of esters is 1. The third kappa shape index (κ3) is 2.65. The summed E-state index contributed by atoms with van der Waals surface area (Å²) in [5, 5.41) is 0. The van der Waals surface area contributed by atoms with Gasteiger partial charge in [0.1, 0.15) is 0 Å². The maximum absolute atomic E-state index is 12.3. The summed E-state index contributed by atoms with van der Waals surface area (Å²) >= 11 is 0. The first kappa shape index (κ1) is 14.8. The molecule has 2 heteroatoms. The van der Waals surface area contributed by atoms with E-state index in [0.717, 1.165) is 5.56 Å². The maximum Gasteiger partial charge on any atom is 0.313 e. The van der Waals surface area contributed by atoms with Crippen molar-refractivity contribution in [2.45, 2.75) is 33.6 Å². The number of benzene rings is 1. The van der Waals surface area contributed by atoms with Gasteiger partial charge in [-0.2, -0.15) is 0 Å². The van der Waals surface area contributed by atoms with Crippen molar-refractivity contribution < 1.29 is 9.53 Å². The Hall–Kier alpha value is -1.57. The first-order valence-electron chi connectivity index (χ1n) is 7.17. The van der Waals surface area contributed by atoms with Gasteiger partial charge in [0.2, 0.25) is 0 Å². The van der Waals surface area contributed by atoms with Crippen molar-refractivity contribution in [3.05, 3.63) is 47.5 Å². The molecule has 0 aliphatic heterocycles. The van der Waals surface area contributed by atoms with Gasteiger partial charge in [-0.1, -0.05) is 55.8 Å². The van der Waals surface area contributed by atoms with Gasteiger partial charge in [-0.3, -0.25) is 4.79 Å². The highest BCUT2D eigenvalue weighted by molar-refractivity contribution is 5.79. The summed E-state index contributed by atoms with van der Waals surface area (Å²) in [5.74, 6) is 0.458. The molecule has 2 nitrogen and oxygen atoms in total. The quantitative estimate of drug-likeness (QED) is 0.607. The average Bonchev–Trinajstić information content (AvgIpc) is 2.92. The van der Waals surface area contributed by atoms with E-state index in [2.05, 4.69) is 33.8 Å². The second-order valence-electron chi connectivity index (χ2n) is 6.53. The minimum Gasteiger partial charge on any atom is -0.469 e. The van der Waals surface area contributed by atoms with E-state index in [1.54, 1.807) is 0 Å². The lowest BCUT2D eigenvalue weighted by Crippen LogP contribution is -2.18. The van der Waals surface area contributed by atoms with Crippen LogP contribution in [0.25, 0.3) is 0 Å². The largest absolute Gasteiger partial charge is 0.469 e. The van der Waals surface area contributed by atoms with Crippen molar-refractivity contribution in [1.29, 1.82) is 0 Å². The van der Waals surface area contributed by atoms with E-state index >= 15 is 0 Å². The van der Waals surface area contributed by atoms with Crippen LogP contribution in [0.3, 0.4) is 0 Å². The lowest BCUT2D eigenvalue weighted by atomic mass is 9.90. The first-order valence-corrected chi connectivity index (χ1v) is 7.17. The smallest absolute Gasteiger partial charge is 0.313 e. The molecule has 1 fully saturated rings. The molecule has 20 heavy (non-hydrogen) atoms. The van der Waals surface area contributed by atoms with E-state index in [-0.39, 0.29) is 17.3 Å². The van der Waals surface area contributed by atoms with Crippen LogP contribution in [0.15, 0.2) is 42.0 Å². The number of methoxy groups -OCH3 is 1. The highest BCUT2D eigenvalue weighted by atomic mass is 16.5. The van der Waals surface area contributed by atoms with Crippen LogP contribution in [0.4, 0.5) is 0 Å². The number of carbonyl (C=O) groups is 1. The Morgan fingerprint density at radius 1 is 1.25 bits per heavy atom. The van der Waals surface area contributed by atoms with Crippen LogP contribution in [0, 0.1) is 17.3 Å². The van der Waals surface area contributed by atoms with Gasteiger partial charge in [0.15, 0.2) is 0 Å². The molecular weight excluding hydrogens is 248 g/mol. The molecule has 1 unspecified atom stereocenters. The number of hydrogen-bond donors (Lipinski definition) is 0. The Balaban J connectivity index is 2.35. The summed E-state index contributed by atoms with van der Waals surface area (Å²) in [5.41, 5.74) is 2.51. The summed E-state index contributed by atoms with van der Waals surface area (Å²) in [7, 11) is 1.48. The molecule has 2 rings (SSSR count). The summed E-state index contributed by atoms with van der Waals surface area (Å²) in [4.78, 5) is 12.3. The average molecular weight is 272 g/mol. The predicted molar refractivity (Wildman–Crippen MR) is 81.4 cm³/mol. The highest BCUT2D eigenvalue weighted by Gasteiger charge is 2.61. The molecule has 0 bridgehead atoms. The zero-order valence-corrected chi connectivity index (χ0v) is 13.0. The number of hydrogen-bond acceptors (Lipinski definition) is 2. The van der Waals surface area contributed by atoms with Crippen LogP contribution in [-0.2, 0) is 9.53 Å². The van der Waals surface area contributed by atoms with E-state index in [9.17, 15) is 4.79 Å². The van der Waals surface area contributed by atoms with Crippen LogP contribution in [0.1, 0.15) is 39.2 Å². The lowest BCUT2D eigenvalue weighted by Gasteiger charge is -2.16. The van der Waals surface area contributed by atoms with Crippen LogP contribution in [-0.4, -0.2) is 13.1 Å². The van der Waals surface area contributed by atoms with Crippen LogP contribution < -0.4 is 0 Å². The molecule has 3 atom stereocenters. The van der Waals surface area contributed by atoms with Crippen molar-refractivity contribution in [2.75, 3.05) is 7.11 Å². The van der Waals surface area contributed by atoms with Crippen LogP contribution in [0.2, 0.25) is 0 Å². The standard InChI is InChI=1S/C18H24O2/c1-12(2)11-14-16(18(14,3)4)15(17(19)20-5)13-9-7-6-8-10-13/h6-11,14-16H,1-5H3/t14-,15?,16-/m1/s1. The molecular formula is C18H24O2. The number of ether oxygens (including phenoxy) is 1. The molecule has 1 aromatic rings. The van der Waals surface area contributed by atoms with E-state index in [4.69, 9.17) is 4.74 Å². The van der Waals surface area contributed by atoms with Gasteiger partial charge in [0, 0.05) is 0 Å². The van der Waals surface area contributed by atoms with E-state index in [0.29, 0.717) is 11.8 Å². The van der Waals surface area contributed by atoms with Crippen LogP contribution >= 0.6 is 0 Å². The zero-order chi connectivity index (χ0) is 14.9. The Bertz CT molecular complexity index is 509. The molecule has 1 aliphatic rings. The number of rotatable bonds is 4. The second kappa shape index (κ2) is 5.43. The summed E-state index contributed by atoms with van der Waals surface area (Å²) in [6.07, 6.45) is 2.30. The maximum atomic E-state index is 12.3. The molecule has 1 aromatic carbocycles. The first-order chi connectivity index (χ1) is 9.39. The van der Waals surface area contributed by atoms with Gasteiger partial charge < -0.3 is 4.74 Å². The fraction of sp³-hybridized carbons (Fsp3) is 0.500. The molecule has 0 amide bonds. The molecule has 0 spiro atoms. The molecule has 0 N–H and O–H groups in total. The topological polar surface area (TPSA) is 26.3 Å². The van der Waals surface area contributed by atoms with Gasteiger partial charge in [0.05, 0.1) is 13.0 Å². The fourth-order valence-corrected chi connectivity index (χ4v) is 3.31. The number of allylic oxidation sites excluding steroid dienone is 2. The Labute approximate surface area is 121 Å². The molecule has 108 valence electrons. The zero-order valence-electron chi connectivity index (χ0n) is 13.0. The molecule has 0 heterocycles. The second-order valence-corrected chi connectivity index (χ2v) is 6.53. The van der Waals surface area contributed by atoms with E-state index in [1.165, 1.54) is 12.7 Å². The third-order valence-electron chi connectivity index (χ3n) is 4.48. The van der Waals surface area contributed by atoms with Gasteiger partial charge in [0.25, 0.3) is 0 Å². The van der Waals surface area contributed by atoms with Gasteiger partial charge in [-0.15, -0.1) is 0 Å². The van der Waals surface area contributed by atoms with Gasteiger partial charge in [-0.25, -0.2) is 0 Å². The van der Waals surface area contributed by atoms with E-state index in [1.807, 2.05) is 30.3 Å². The van der Waals surface area contributed by atoms with Crippen molar-refractivity contribution in [1.82, 2.24) is 0 Å². The molecule has 1 aliphatic carbocycles. The van der Waals surface area contributed by atoms with E-state index < -0.39 is 0 Å². The molecule has 0 saturated heterocycles. The minimum atomic E-state index is -0.170. The molecule has 0 aromatic heterocycles. The fourth-order valence-electron chi connectivity index (χ4n) is 3.31. The van der Waals surface area contributed by atoms with Crippen molar-refractivity contribution in [3.8, 4) is 0 Å². The third-order valence-corrected chi connectivity index (χ3v) is 4.48. The minimum absolute atomic E-state index is 0.126. The predicted octanol–water partition coefficient (Wildman–Crippen LogP) is 4.18. The normalized spacial score (nSPS) is 24.6. The summed E-state index contributed by atoms with van der Waals surface area (Å²) in [6, 6.07) is 9.99. The molecule has 0 radical (unpaired) electrons. The summed E-state index contributed by atoms with van der Waals surface area (Å²) in [6.45, 7) is 8.70. The monoisotopic (exact) mass is 272 g/mol. The SMILES string of the molecule is COC(=O)C(c1ccccc1)[C@H]1[C@@H](C=C(C)C)C1(C)C.